The van der Waals surface area contributed by atoms with Crippen LogP contribution in [0.25, 0.3) is 0 Å². The lowest BCUT2D eigenvalue weighted by molar-refractivity contribution is 0.0767. The number of hydrogen-bond donors (Lipinski definition) is 1. The van der Waals surface area contributed by atoms with Gasteiger partial charge in [0.2, 0.25) is 0 Å². The number of hydrogen-bond acceptors (Lipinski definition) is 4. The van der Waals surface area contributed by atoms with Gasteiger partial charge in [0.25, 0.3) is 0 Å². The SMILES string of the molecule is Cc1ccc(C)c(OCC(O)CN(C)CCC#N)c1. The Hall–Kier alpha value is -1.57. The van der Waals surface area contributed by atoms with Gasteiger partial charge in [-0.1, -0.05) is 12.1 Å². The summed E-state index contributed by atoms with van der Waals surface area (Å²) in [7, 11) is 1.89. The molecule has 104 valence electrons. The monoisotopic (exact) mass is 262 g/mol. The first-order chi connectivity index (χ1) is 9.02. The van der Waals surface area contributed by atoms with Crippen molar-refractivity contribution in [2.75, 3.05) is 26.7 Å². The van der Waals surface area contributed by atoms with Gasteiger partial charge in [0, 0.05) is 19.5 Å². The second kappa shape index (κ2) is 7.78. The number of aliphatic hydroxyl groups is 1. The molecule has 0 aromatic heterocycles. The van der Waals surface area contributed by atoms with Gasteiger partial charge in [-0.2, -0.15) is 5.26 Å². The molecule has 1 atom stereocenters. The summed E-state index contributed by atoms with van der Waals surface area (Å²) in [6.45, 7) is 5.43. The number of benzene rings is 1. The number of rotatable bonds is 7. The third kappa shape index (κ3) is 5.73. The van der Waals surface area contributed by atoms with Crippen molar-refractivity contribution in [2.45, 2.75) is 26.4 Å². The molecule has 0 spiro atoms. The first kappa shape index (κ1) is 15.5. The van der Waals surface area contributed by atoms with Gasteiger partial charge in [-0.25, -0.2) is 0 Å². The summed E-state index contributed by atoms with van der Waals surface area (Å²) in [6, 6.07) is 8.11. The average molecular weight is 262 g/mol. The normalized spacial score (nSPS) is 12.2. The molecular formula is C15H22N2O2. The number of nitrogens with zero attached hydrogens (tertiary/aromatic N) is 2. The van der Waals surface area contributed by atoms with Gasteiger partial charge in [0.1, 0.15) is 18.5 Å². The highest BCUT2D eigenvalue weighted by Crippen LogP contribution is 2.19. The van der Waals surface area contributed by atoms with E-state index in [2.05, 4.69) is 6.07 Å². The van der Waals surface area contributed by atoms with Crippen LogP contribution in [0.15, 0.2) is 18.2 Å². The highest BCUT2D eigenvalue weighted by Gasteiger charge is 2.10. The molecule has 1 unspecified atom stereocenters. The standard InChI is InChI=1S/C15H22N2O2/c1-12-5-6-13(2)15(9-12)19-11-14(18)10-17(3)8-4-7-16/h5-6,9,14,18H,4,8,10-11H2,1-3H3. The van der Waals surface area contributed by atoms with Crippen LogP contribution in [-0.4, -0.2) is 42.9 Å². The van der Waals surface area contributed by atoms with E-state index in [1.807, 2.05) is 44.0 Å². The van der Waals surface area contributed by atoms with Crippen molar-refractivity contribution < 1.29 is 9.84 Å². The maximum Gasteiger partial charge on any atom is 0.122 e. The summed E-state index contributed by atoms with van der Waals surface area (Å²) < 4.78 is 5.64. The van der Waals surface area contributed by atoms with E-state index in [0.717, 1.165) is 16.9 Å². The van der Waals surface area contributed by atoms with Crippen LogP contribution in [0.1, 0.15) is 17.5 Å². The molecule has 1 rings (SSSR count). The Morgan fingerprint density at radius 2 is 2.16 bits per heavy atom. The third-order valence-electron chi connectivity index (χ3n) is 2.90. The fraction of sp³-hybridized carbons (Fsp3) is 0.533. The zero-order chi connectivity index (χ0) is 14.3. The minimum absolute atomic E-state index is 0.265. The maximum atomic E-state index is 9.89. The van der Waals surface area contributed by atoms with Gasteiger partial charge in [0.05, 0.1) is 6.07 Å². The highest BCUT2D eigenvalue weighted by atomic mass is 16.5. The van der Waals surface area contributed by atoms with Crippen LogP contribution in [0.2, 0.25) is 0 Å². The molecule has 4 nitrogen and oxygen atoms in total. The third-order valence-corrected chi connectivity index (χ3v) is 2.90. The van der Waals surface area contributed by atoms with Crippen LogP contribution in [-0.2, 0) is 0 Å². The number of likely N-dealkylation sites (N-methyl/N-ethyl adjacent to an activating group) is 1. The van der Waals surface area contributed by atoms with E-state index in [4.69, 9.17) is 10.00 Å². The first-order valence-electron chi connectivity index (χ1n) is 6.46. The molecule has 4 heteroatoms. The van der Waals surface area contributed by atoms with Crippen molar-refractivity contribution in [2.24, 2.45) is 0 Å². The zero-order valence-corrected chi connectivity index (χ0v) is 11.9. The molecule has 0 aliphatic heterocycles. The average Bonchev–Trinajstić information content (AvgIpc) is 2.37. The molecule has 0 aliphatic carbocycles. The van der Waals surface area contributed by atoms with Crippen LogP contribution in [0, 0.1) is 25.2 Å². The van der Waals surface area contributed by atoms with Gasteiger partial charge < -0.3 is 14.7 Å². The summed E-state index contributed by atoms with van der Waals surface area (Å²) in [5.74, 6) is 0.818. The highest BCUT2D eigenvalue weighted by molar-refractivity contribution is 5.35. The summed E-state index contributed by atoms with van der Waals surface area (Å²) >= 11 is 0. The molecule has 0 radical (unpaired) electrons. The Labute approximate surface area is 115 Å². The van der Waals surface area contributed by atoms with E-state index in [1.54, 1.807) is 0 Å². The van der Waals surface area contributed by atoms with E-state index in [9.17, 15) is 5.11 Å². The van der Waals surface area contributed by atoms with Crippen molar-refractivity contribution in [1.82, 2.24) is 4.90 Å². The molecule has 0 aliphatic rings. The van der Waals surface area contributed by atoms with E-state index < -0.39 is 6.10 Å². The van der Waals surface area contributed by atoms with Crippen molar-refractivity contribution in [3.05, 3.63) is 29.3 Å². The smallest absolute Gasteiger partial charge is 0.122 e. The number of aliphatic hydroxyl groups excluding tert-OH is 1. The minimum atomic E-state index is -0.552. The molecule has 0 bridgehead atoms. The van der Waals surface area contributed by atoms with Crippen molar-refractivity contribution in [3.8, 4) is 11.8 Å². The number of nitriles is 1. The molecule has 0 heterocycles. The largest absolute Gasteiger partial charge is 0.491 e. The van der Waals surface area contributed by atoms with Crippen molar-refractivity contribution in [1.29, 1.82) is 5.26 Å². The topological polar surface area (TPSA) is 56.5 Å². The van der Waals surface area contributed by atoms with Crippen LogP contribution in [0.4, 0.5) is 0 Å². The van der Waals surface area contributed by atoms with Crippen LogP contribution < -0.4 is 4.74 Å². The first-order valence-corrected chi connectivity index (χ1v) is 6.46. The fourth-order valence-corrected chi connectivity index (χ4v) is 1.79. The molecule has 0 amide bonds. The quantitative estimate of drug-likeness (QED) is 0.815. The molecule has 1 aromatic carbocycles. The van der Waals surface area contributed by atoms with E-state index in [1.165, 1.54) is 0 Å². The molecule has 0 fully saturated rings. The Bertz CT molecular complexity index is 440. The van der Waals surface area contributed by atoms with Gasteiger partial charge in [-0.15, -0.1) is 0 Å². The Kier molecular flexibility index (Phi) is 6.34. The lowest BCUT2D eigenvalue weighted by Gasteiger charge is -2.20. The maximum absolute atomic E-state index is 9.89. The fourth-order valence-electron chi connectivity index (χ4n) is 1.79. The van der Waals surface area contributed by atoms with Crippen LogP contribution in [0.3, 0.4) is 0 Å². The van der Waals surface area contributed by atoms with Crippen LogP contribution >= 0.6 is 0 Å². The number of ether oxygens (including phenoxy) is 1. The molecule has 19 heavy (non-hydrogen) atoms. The van der Waals surface area contributed by atoms with Gasteiger partial charge in [-0.3, -0.25) is 0 Å². The summed E-state index contributed by atoms with van der Waals surface area (Å²) in [5, 5.41) is 18.4. The summed E-state index contributed by atoms with van der Waals surface area (Å²) in [6.07, 6.45) is -0.0789. The van der Waals surface area contributed by atoms with E-state index in [-0.39, 0.29) is 6.61 Å². The number of aryl methyl sites for hydroxylation is 2. The Balaban J connectivity index is 2.39. The lowest BCUT2D eigenvalue weighted by atomic mass is 10.1. The Morgan fingerprint density at radius 1 is 1.42 bits per heavy atom. The second-order valence-electron chi connectivity index (χ2n) is 4.90. The Morgan fingerprint density at radius 3 is 2.84 bits per heavy atom. The summed E-state index contributed by atoms with van der Waals surface area (Å²) in [4.78, 5) is 1.93. The minimum Gasteiger partial charge on any atom is -0.491 e. The lowest BCUT2D eigenvalue weighted by Crippen LogP contribution is -2.33. The molecule has 0 saturated carbocycles. The molecule has 1 aromatic rings. The van der Waals surface area contributed by atoms with Gasteiger partial charge in [-0.05, 0) is 38.1 Å². The summed E-state index contributed by atoms with van der Waals surface area (Å²) in [5.41, 5.74) is 2.21. The van der Waals surface area contributed by atoms with Gasteiger partial charge in [0.15, 0.2) is 0 Å². The predicted octanol–water partition coefficient (Wildman–Crippen LogP) is 1.89. The molecule has 0 saturated heterocycles. The van der Waals surface area contributed by atoms with Crippen molar-refractivity contribution >= 4 is 0 Å². The van der Waals surface area contributed by atoms with E-state index >= 15 is 0 Å². The molecular weight excluding hydrogens is 240 g/mol. The molecule has 1 N–H and O–H groups in total. The van der Waals surface area contributed by atoms with Crippen LogP contribution in [0.5, 0.6) is 5.75 Å². The zero-order valence-electron chi connectivity index (χ0n) is 11.9. The van der Waals surface area contributed by atoms with Gasteiger partial charge >= 0.3 is 0 Å². The van der Waals surface area contributed by atoms with E-state index in [0.29, 0.717) is 19.5 Å². The predicted molar refractivity (Wildman–Crippen MR) is 75.1 cm³/mol. The van der Waals surface area contributed by atoms with Crippen molar-refractivity contribution in [3.63, 3.8) is 0 Å². The second-order valence-corrected chi connectivity index (χ2v) is 4.90.